The molecule has 0 amide bonds. The highest BCUT2D eigenvalue weighted by molar-refractivity contribution is 9.10. The summed E-state index contributed by atoms with van der Waals surface area (Å²) in [6.07, 6.45) is 1.42. The fourth-order valence-electron chi connectivity index (χ4n) is 1.41. The largest absolute Gasteiger partial charge is 0.198 e. The summed E-state index contributed by atoms with van der Waals surface area (Å²) >= 11 is 3.54. The quantitative estimate of drug-likeness (QED) is 0.773. The molecular weight excluding hydrogens is 226 g/mol. The summed E-state index contributed by atoms with van der Waals surface area (Å²) in [5, 5.41) is 8.49. The Morgan fingerprint density at radius 1 is 1.38 bits per heavy atom. The van der Waals surface area contributed by atoms with Crippen LogP contribution in [-0.4, -0.2) is 0 Å². The lowest BCUT2D eigenvalue weighted by Gasteiger charge is -2.06. The van der Waals surface area contributed by atoms with Crippen molar-refractivity contribution >= 4 is 15.9 Å². The second-order valence-electron chi connectivity index (χ2n) is 3.21. The fraction of sp³-hybridized carbons (Fsp3) is 0.364. The number of hydrogen-bond donors (Lipinski definition) is 0. The Kier molecular flexibility index (Phi) is 3.50. The molecule has 0 saturated carbocycles. The van der Waals surface area contributed by atoms with Crippen LogP contribution < -0.4 is 0 Å². The lowest BCUT2D eigenvalue weighted by atomic mass is 10.0. The van der Waals surface area contributed by atoms with E-state index >= 15 is 0 Å². The van der Waals surface area contributed by atoms with Crippen molar-refractivity contribution in [3.63, 3.8) is 0 Å². The van der Waals surface area contributed by atoms with Crippen LogP contribution in [0.1, 0.15) is 23.1 Å². The molecule has 0 heterocycles. The van der Waals surface area contributed by atoms with Crippen LogP contribution in [0, 0.1) is 25.2 Å². The standard InChI is InChI=1S/C11H12BrN/c1-8-6-9(2)11(12)10(7-8)4-3-5-13/h6-7H,3-4H2,1-2H3. The Labute approximate surface area is 87.5 Å². The normalized spacial score (nSPS) is 9.69. The van der Waals surface area contributed by atoms with Crippen LogP contribution in [0.15, 0.2) is 16.6 Å². The lowest BCUT2D eigenvalue weighted by Crippen LogP contribution is -1.90. The van der Waals surface area contributed by atoms with E-state index in [1.54, 1.807) is 0 Å². The van der Waals surface area contributed by atoms with E-state index in [9.17, 15) is 0 Å². The third-order valence-corrected chi connectivity index (χ3v) is 3.12. The number of halogens is 1. The van der Waals surface area contributed by atoms with E-state index < -0.39 is 0 Å². The van der Waals surface area contributed by atoms with Crippen molar-refractivity contribution in [2.24, 2.45) is 0 Å². The summed E-state index contributed by atoms with van der Waals surface area (Å²) < 4.78 is 1.15. The number of aryl methyl sites for hydroxylation is 3. The molecule has 0 bridgehead atoms. The zero-order valence-electron chi connectivity index (χ0n) is 7.89. The number of nitriles is 1. The molecule has 1 rings (SSSR count). The molecule has 2 heteroatoms. The molecule has 0 N–H and O–H groups in total. The first-order chi connectivity index (χ1) is 6.15. The molecule has 0 aliphatic rings. The first-order valence-corrected chi connectivity index (χ1v) is 5.07. The summed E-state index contributed by atoms with van der Waals surface area (Å²) in [5.74, 6) is 0. The van der Waals surface area contributed by atoms with Crippen LogP contribution in [-0.2, 0) is 6.42 Å². The summed E-state index contributed by atoms with van der Waals surface area (Å²) in [6.45, 7) is 4.16. The highest BCUT2D eigenvalue weighted by Crippen LogP contribution is 2.24. The highest BCUT2D eigenvalue weighted by atomic mass is 79.9. The van der Waals surface area contributed by atoms with Crippen LogP contribution in [0.5, 0.6) is 0 Å². The van der Waals surface area contributed by atoms with E-state index in [0.29, 0.717) is 6.42 Å². The van der Waals surface area contributed by atoms with Crippen molar-refractivity contribution in [2.45, 2.75) is 26.7 Å². The number of hydrogen-bond acceptors (Lipinski definition) is 1. The van der Waals surface area contributed by atoms with Gasteiger partial charge in [-0.2, -0.15) is 5.26 Å². The first kappa shape index (κ1) is 10.3. The van der Waals surface area contributed by atoms with Crippen LogP contribution in [0.2, 0.25) is 0 Å². The van der Waals surface area contributed by atoms with Crippen molar-refractivity contribution in [1.29, 1.82) is 5.26 Å². The molecule has 0 spiro atoms. The second kappa shape index (κ2) is 4.43. The Hall–Kier alpha value is -0.810. The zero-order chi connectivity index (χ0) is 9.84. The van der Waals surface area contributed by atoms with E-state index in [4.69, 9.17) is 5.26 Å². The topological polar surface area (TPSA) is 23.8 Å². The molecule has 0 aromatic heterocycles. The van der Waals surface area contributed by atoms with Gasteiger partial charge in [0, 0.05) is 10.9 Å². The van der Waals surface area contributed by atoms with Gasteiger partial charge in [-0.3, -0.25) is 0 Å². The minimum atomic E-state index is 0.585. The monoisotopic (exact) mass is 237 g/mol. The third-order valence-electron chi connectivity index (χ3n) is 1.98. The maximum Gasteiger partial charge on any atom is 0.0625 e. The van der Waals surface area contributed by atoms with Gasteiger partial charge in [0.25, 0.3) is 0 Å². The van der Waals surface area contributed by atoms with Crippen LogP contribution >= 0.6 is 15.9 Å². The molecule has 1 aromatic carbocycles. The zero-order valence-corrected chi connectivity index (χ0v) is 9.48. The van der Waals surface area contributed by atoms with Crippen molar-refractivity contribution in [1.82, 2.24) is 0 Å². The Morgan fingerprint density at radius 2 is 2.08 bits per heavy atom. The van der Waals surface area contributed by atoms with Gasteiger partial charge in [0.05, 0.1) is 6.07 Å². The number of rotatable bonds is 2. The van der Waals surface area contributed by atoms with E-state index in [0.717, 1.165) is 10.9 Å². The van der Waals surface area contributed by atoms with Gasteiger partial charge in [0.15, 0.2) is 0 Å². The minimum Gasteiger partial charge on any atom is -0.198 e. The fourth-order valence-corrected chi connectivity index (χ4v) is 1.84. The Morgan fingerprint density at radius 3 is 2.69 bits per heavy atom. The average molecular weight is 238 g/mol. The summed E-state index contributed by atoms with van der Waals surface area (Å²) in [5.41, 5.74) is 3.74. The maximum atomic E-state index is 8.49. The van der Waals surface area contributed by atoms with E-state index in [-0.39, 0.29) is 0 Å². The number of nitrogens with zero attached hydrogens (tertiary/aromatic N) is 1. The Balaban J connectivity index is 3.00. The molecular formula is C11H12BrN. The van der Waals surface area contributed by atoms with Gasteiger partial charge < -0.3 is 0 Å². The van der Waals surface area contributed by atoms with Gasteiger partial charge in [-0.25, -0.2) is 0 Å². The van der Waals surface area contributed by atoms with Crippen LogP contribution in [0.3, 0.4) is 0 Å². The molecule has 13 heavy (non-hydrogen) atoms. The molecule has 0 fully saturated rings. The summed E-state index contributed by atoms with van der Waals surface area (Å²) in [4.78, 5) is 0. The minimum absolute atomic E-state index is 0.585. The number of benzene rings is 1. The van der Waals surface area contributed by atoms with E-state index in [1.807, 2.05) is 0 Å². The molecule has 0 saturated heterocycles. The Bertz CT molecular complexity index is 350. The maximum absolute atomic E-state index is 8.49. The van der Waals surface area contributed by atoms with Crippen LogP contribution in [0.25, 0.3) is 0 Å². The van der Waals surface area contributed by atoms with Gasteiger partial charge in [-0.15, -0.1) is 0 Å². The van der Waals surface area contributed by atoms with Gasteiger partial charge in [-0.1, -0.05) is 33.6 Å². The van der Waals surface area contributed by atoms with E-state index in [1.165, 1.54) is 16.7 Å². The molecule has 1 aromatic rings. The van der Waals surface area contributed by atoms with Gasteiger partial charge >= 0.3 is 0 Å². The molecule has 1 nitrogen and oxygen atoms in total. The van der Waals surface area contributed by atoms with Gasteiger partial charge in [0.2, 0.25) is 0 Å². The van der Waals surface area contributed by atoms with Gasteiger partial charge in [0.1, 0.15) is 0 Å². The molecule has 0 radical (unpaired) electrons. The predicted octanol–water partition coefficient (Wildman–Crippen LogP) is 3.52. The highest BCUT2D eigenvalue weighted by Gasteiger charge is 2.03. The summed E-state index contributed by atoms with van der Waals surface area (Å²) in [7, 11) is 0. The SMILES string of the molecule is Cc1cc(C)c(Br)c(CCC#N)c1. The molecule has 68 valence electrons. The third kappa shape index (κ3) is 2.57. The second-order valence-corrected chi connectivity index (χ2v) is 4.01. The summed E-state index contributed by atoms with van der Waals surface area (Å²) in [6, 6.07) is 6.43. The molecule has 0 aliphatic carbocycles. The van der Waals surface area contributed by atoms with Gasteiger partial charge in [-0.05, 0) is 31.4 Å². The van der Waals surface area contributed by atoms with Crippen molar-refractivity contribution in [3.8, 4) is 6.07 Å². The lowest BCUT2D eigenvalue weighted by molar-refractivity contribution is 0.995. The van der Waals surface area contributed by atoms with E-state index in [2.05, 4.69) is 48.0 Å². The van der Waals surface area contributed by atoms with Crippen molar-refractivity contribution < 1.29 is 0 Å². The molecule has 0 atom stereocenters. The first-order valence-electron chi connectivity index (χ1n) is 4.27. The van der Waals surface area contributed by atoms with Crippen molar-refractivity contribution in [2.75, 3.05) is 0 Å². The predicted molar refractivity (Wildman–Crippen MR) is 57.6 cm³/mol. The molecule has 0 unspecified atom stereocenters. The molecule has 0 aliphatic heterocycles. The van der Waals surface area contributed by atoms with Crippen LogP contribution in [0.4, 0.5) is 0 Å². The smallest absolute Gasteiger partial charge is 0.0625 e. The average Bonchev–Trinajstić information content (AvgIpc) is 2.09. The van der Waals surface area contributed by atoms with Crippen molar-refractivity contribution in [3.05, 3.63) is 33.3 Å².